The largest absolute Gasteiger partial charge is 0.480 e. The minimum absolute atomic E-state index is 0.0533. The fraction of sp³-hybridized carbons (Fsp3) is 0.778. The van der Waals surface area contributed by atoms with E-state index in [9.17, 15) is 18.0 Å². The SMILES string of the molecule is CCC[C@@H](NC(=O)NCCNS(C)(=O)=O)C(=O)O. The summed E-state index contributed by atoms with van der Waals surface area (Å²) in [6, 6.07) is -1.57. The van der Waals surface area contributed by atoms with E-state index >= 15 is 0 Å². The van der Waals surface area contributed by atoms with E-state index in [2.05, 4.69) is 15.4 Å². The monoisotopic (exact) mass is 281 g/mol. The Morgan fingerprint density at radius 1 is 1.28 bits per heavy atom. The molecule has 0 radical (unpaired) electrons. The second-order valence-corrected chi connectivity index (χ2v) is 5.58. The van der Waals surface area contributed by atoms with Crippen LogP contribution in [0.25, 0.3) is 0 Å². The summed E-state index contributed by atoms with van der Waals surface area (Å²) >= 11 is 0. The molecule has 0 aromatic heterocycles. The molecule has 0 bridgehead atoms. The predicted octanol–water partition coefficient (Wildman–Crippen LogP) is -0.912. The third kappa shape index (κ3) is 8.76. The van der Waals surface area contributed by atoms with Gasteiger partial charge in [0.15, 0.2) is 0 Å². The molecule has 0 spiro atoms. The highest BCUT2D eigenvalue weighted by Gasteiger charge is 2.18. The molecule has 4 N–H and O–H groups in total. The lowest BCUT2D eigenvalue weighted by atomic mass is 10.2. The number of rotatable bonds is 8. The zero-order valence-electron chi connectivity index (χ0n) is 10.4. The Morgan fingerprint density at radius 2 is 1.89 bits per heavy atom. The Bertz CT molecular complexity index is 382. The van der Waals surface area contributed by atoms with E-state index in [1.165, 1.54) is 0 Å². The standard InChI is InChI=1S/C9H19N3O5S/c1-3-4-7(8(13)14)12-9(15)10-5-6-11-18(2,16)17/h7,11H,3-6H2,1-2H3,(H,13,14)(H2,10,12,15)/t7-/m1/s1. The number of carboxylic acid groups (broad SMARTS) is 1. The van der Waals surface area contributed by atoms with Crippen molar-refractivity contribution >= 4 is 22.0 Å². The van der Waals surface area contributed by atoms with Gasteiger partial charge in [-0.05, 0) is 6.42 Å². The van der Waals surface area contributed by atoms with Gasteiger partial charge >= 0.3 is 12.0 Å². The molecule has 8 nitrogen and oxygen atoms in total. The number of hydrogen-bond donors (Lipinski definition) is 4. The Morgan fingerprint density at radius 3 is 2.33 bits per heavy atom. The van der Waals surface area contributed by atoms with Crippen molar-refractivity contribution in [1.29, 1.82) is 0 Å². The van der Waals surface area contributed by atoms with E-state index in [4.69, 9.17) is 5.11 Å². The minimum Gasteiger partial charge on any atom is -0.480 e. The molecule has 0 rings (SSSR count). The zero-order chi connectivity index (χ0) is 14.2. The minimum atomic E-state index is -3.28. The molecule has 18 heavy (non-hydrogen) atoms. The van der Waals surface area contributed by atoms with E-state index in [1.54, 1.807) is 0 Å². The summed E-state index contributed by atoms with van der Waals surface area (Å²) in [6.07, 6.45) is 1.98. The van der Waals surface area contributed by atoms with Crippen molar-refractivity contribution in [2.75, 3.05) is 19.3 Å². The molecular formula is C9H19N3O5S. The number of carbonyl (C=O) groups excluding carboxylic acids is 1. The Labute approximate surface area is 106 Å². The van der Waals surface area contributed by atoms with Crippen LogP contribution in [0.3, 0.4) is 0 Å². The van der Waals surface area contributed by atoms with Gasteiger partial charge < -0.3 is 15.7 Å². The van der Waals surface area contributed by atoms with Crippen LogP contribution in [0.1, 0.15) is 19.8 Å². The Balaban J connectivity index is 3.92. The van der Waals surface area contributed by atoms with Gasteiger partial charge in [-0.2, -0.15) is 0 Å². The normalized spacial score (nSPS) is 12.8. The molecule has 0 fully saturated rings. The third-order valence-corrected chi connectivity index (χ3v) is 2.68. The summed E-state index contributed by atoms with van der Waals surface area (Å²) in [7, 11) is -3.28. The first-order valence-electron chi connectivity index (χ1n) is 5.48. The molecule has 1 atom stereocenters. The molecular weight excluding hydrogens is 262 g/mol. The van der Waals surface area contributed by atoms with Gasteiger partial charge in [0.05, 0.1) is 6.26 Å². The van der Waals surface area contributed by atoms with Gasteiger partial charge in [-0.15, -0.1) is 0 Å². The van der Waals surface area contributed by atoms with Crippen molar-refractivity contribution in [2.45, 2.75) is 25.8 Å². The maximum Gasteiger partial charge on any atom is 0.326 e. The number of nitrogens with one attached hydrogen (secondary N) is 3. The first-order valence-corrected chi connectivity index (χ1v) is 7.37. The summed E-state index contributed by atoms with van der Waals surface area (Å²) in [6.45, 7) is 1.95. The van der Waals surface area contributed by atoms with Crippen molar-refractivity contribution in [2.24, 2.45) is 0 Å². The fourth-order valence-electron chi connectivity index (χ4n) is 1.17. The smallest absolute Gasteiger partial charge is 0.326 e. The highest BCUT2D eigenvalue weighted by molar-refractivity contribution is 7.88. The summed E-state index contributed by atoms with van der Waals surface area (Å²) in [5, 5.41) is 13.4. The van der Waals surface area contributed by atoms with E-state index in [-0.39, 0.29) is 13.1 Å². The van der Waals surface area contributed by atoms with Crippen molar-refractivity contribution in [3.8, 4) is 0 Å². The quantitative estimate of drug-likeness (QED) is 0.429. The number of sulfonamides is 1. The number of carboxylic acids is 1. The first kappa shape index (κ1) is 16.6. The van der Waals surface area contributed by atoms with Gasteiger partial charge in [0.25, 0.3) is 0 Å². The average Bonchev–Trinajstić information content (AvgIpc) is 2.22. The van der Waals surface area contributed by atoms with E-state index in [0.717, 1.165) is 6.26 Å². The maximum atomic E-state index is 11.3. The molecule has 0 aromatic rings. The number of aliphatic carboxylic acids is 1. The van der Waals surface area contributed by atoms with Gasteiger partial charge in [-0.3, -0.25) is 0 Å². The van der Waals surface area contributed by atoms with Gasteiger partial charge in [0, 0.05) is 13.1 Å². The second-order valence-electron chi connectivity index (χ2n) is 3.75. The summed E-state index contributed by atoms with van der Waals surface area (Å²) < 4.78 is 23.6. The predicted molar refractivity (Wildman–Crippen MR) is 65.7 cm³/mol. The van der Waals surface area contributed by atoms with Crippen LogP contribution in [-0.4, -0.2) is 50.9 Å². The highest BCUT2D eigenvalue weighted by atomic mass is 32.2. The highest BCUT2D eigenvalue weighted by Crippen LogP contribution is 1.96. The van der Waals surface area contributed by atoms with Crippen molar-refractivity contribution < 1.29 is 23.1 Å². The second kappa shape index (κ2) is 7.88. The molecule has 106 valence electrons. The number of amides is 2. The molecule has 0 aliphatic rings. The lowest BCUT2D eigenvalue weighted by Gasteiger charge is -2.14. The molecule has 9 heteroatoms. The topological polar surface area (TPSA) is 125 Å². The van der Waals surface area contributed by atoms with E-state index in [0.29, 0.717) is 12.8 Å². The van der Waals surface area contributed by atoms with Crippen molar-refractivity contribution in [3.63, 3.8) is 0 Å². The summed E-state index contributed by atoms with van der Waals surface area (Å²) in [5.41, 5.74) is 0. The van der Waals surface area contributed by atoms with Crippen LogP contribution >= 0.6 is 0 Å². The molecule has 0 aliphatic heterocycles. The van der Waals surface area contributed by atoms with Crippen LogP contribution < -0.4 is 15.4 Å². The molecule has 0 heterocycles. The molecule has 0 saturated carbocycles. The van der Waals surface area contributed by atoms with Crippen molar-refractivity contribution in [3.05, 3.63) is 0 Å². The molecule has 2 amide bonds. The van der Waals surface area contributed by atoms with Gasteiger partial charge in [0.1, 0.15) is 6.04 Å². The van der Waals surface area contributed by atoms with E-state index < -0.39 is 28.1 Å². The zero-order valence-corrected chi connectivity index (χ0v) is 11.2. The van der Waals surface area contributed by atoms with Gasteiger partial charge in [-0.1, -0.05) is 13.3 Å². The van der Waals surface area contributed by atoms with Crippen LogP contribution in [0.2, 0.25) is 0 Å². The molecule has 0 unspecified atom stereocenters. The van der Waals surface area contributed by atoms with Crippen LogP contribution in [0.15, 0.2) is 0 Å². The van der Waals surface area contributed by atoms with Crippen LogP contribution in [0.4, 0.5) is 4.79 Å². The Kier molecular flexibility index (Phi) is 7.29. The first-order chi connectivity index (χ1) is 8.26. The summed E-state index contributed by atoms with van der Waals surface area (Å²) in [4.78, 5) is 22.0. The third-order valence-electron chi connectivity index (χ3n) is 1.96. The molecule has 0 aromatic carbocycles. The van der Waals surface area contributed by atoms with Crippen molar-refractivity contribution in [1.82, 2.24) is 15.4 Å². The molecule has 0 aliphatic carbocycles. The fourth-order valence-corrected chi connectivity index (χ4v) is 1.64. The van der Waals surface area contributed by atoms with E-state index in [1.807, 2.05) is 6.92 Å². The summed E-state index contributed by atoms with van der Waals surface area (Å²) in [5.74, 6) is -1.10. The van der Waals surface area contributed by atoms with Gasteiger partial charge in [-0.25, -0.2) is 22.7 Å². The van der Waals surface area contributed by atoms with Crippen LogP contribution in [0, 0.1) is 0 Å². The maximum absolute atomic E-state index is 11.3. The Hall–Kier alpha value is -1.35. The van der Waals surface area contributed by atoms with Crippen LogP contribution in [-0.2, 0) is 14.8 Å². The molecule has 0 saturated heterocycles. The lowest BCUT2D eigenvalue weighted by molar-refractivity contribution is -0.139. The lowest BCUT2D eigenvalue weighted by Crippen LogP contribution is -2.47. The average molecular weight is 281 g/mol. The van der Waals surface area contributed by atoms with Gasteiger partial charge in [0.2, 0.25) is 10.0 Å². The number of carbonyl (C=O) groups is 2. The van der Waals surface area contributed by atoms with Crippen LogP contribution in [0.5, 0.6) is 0 Å². The number of urea groups is 1. The number of hydrogen-bond acceptors (Lipinski definition) is 4.